The SMILES string of the molecule is C=C/C=C\C(=C)NC(=C)/C=C\C(=C)C(=C)/C=C\C(=C)N/C(C)=C/C=C\CC. The molecule has 0 fully saturated rings. The molecule has 0 aromatic carbocycles. The molecule has 2 heteroatoms. The highest BCUT2D eigenvalue weighted by Crippen LogP contribution is 2.11. The van der Waals surface area contributed by atoms with Crippen LogP contribution in [0.1, 0.15) is 20.3 Å². The van der Waals surface area contributed by atoms with Crippen LogP contribution in [0.2, 0.25) is 0 Å². The normalized spacial score (nSPS) is 12.0. The molecule has 0 aromatic rings. The molecule has 2 nitrogen and oxygen atoms in total. The average molecular weight is 361 g/mol. The van der Waals surface area contributed by atoms with Crippen molar-refractivity contribution in [1.82, 2.24) is 10.6 Å². The van der Waals surface area contributed by atoms with E-state index in [4.69, 9.17) is 0 Å². The molecule has 0 aliphatic carbocycles. The van der Waals surface area contributed by atoms with Gasteiger partial charge in [0.15, 0.2) is 0 Å². The summed E-state index contributed by atoms with van der Waals surface area (Å²) in [5, 5.41) is 6.28. The van der Waals surface area contributed by atoms with Gasteiger partial charge in [0.05, 0.1) is 0 Å². The zero-order chi connectivity index (χ0) is 20.7. The lowest BCUT2D eigenvalue weighted by Gasteiger charge is -2.07. The first kappa shape index (κ1) is 23.7. The fourth-order valence-corrected chi connectivity index (χ4v) is 1.78. The van der Waals surface area contributed by atoms with E-state index in [-0.39, 0.29) is 0 Å². The van der Waals surface area contributed by atoms with Crippen molar-refractivity contribution in [2.45, 2.75) is 20.3 Å². The second-order valence-corrected chi connectivity index (χ2v) is 5.82. The van der Waals surface area contributed by atoms with E-state index in [0.717, 1.165) is 34.7 Å². The van der Waals surface area contributed by atoms with Crippen molar-refractivity contribution >= 4 is 0 Å². The molecule has 0 radical (unpaired) electrons. The Balaban J connectivity index is 4.58. The monoisotopic (exact) mass is 360 g/mol. The number of hydrogen-bond acceptors (Lipinski definition) is 2. The second-order valence-electron chi connectivity index (χ2n) is 5.82. The van der Waals surface area contributed by atoms with Gasteiger partial charge in [0.2, 0.25) is 0 Å². The fraction of sp³-hybridized carbons (Fsp3) is 0.120. The zero-order valence-electron chi connectivity index (χ0n) is 16.7. The summed E-state index contributed by atoms with van der Waals surface area (Å²) in [5.41, 5.74) is 4.81. The summed E-state index contributed by atoms with van der Waals surface area (Å²) in [5.74, 6) is 0. The van der Waals surface area contributed by atoms with Crippen molar-refractivity contribution in [1.29, 1.82) is 0 Å². The van der Waals surface area contributed by atoms with Crippen LogP contribution in [0.25, 0.3) is 0 Å². The van der Waals surface area contributed by atoms with Gasteiger partial charge in [-0.1, -0.05) is 82.9 Å². The molecule has 142 valence electrons. The zero-order valence-corrected chi connectivity index (χ0v) is 16.7. The van der Waals surface area contributed by atoms with Crippen LogP contribution in [0, 0.1) is 0 Å². The predicted octanol–water partition coefficient (Wildman–Crippen LogP) is 6.54. The lowest BCUT2D eigenvalue weighted by Crippen LogP contribution is -2.07. The minimum Gasteiger partial charge on any atom is -0.360 e. The molecule has 0 atom stereocenters. The van der Waals surface area contributed by atoms with Crippen LogP contribution in [0.3, 0.4) is 0 Å². The van der Waals surface area contributed by atoms with Crippen LogP contribution in [-0.4, -0.2) is 0 Å². The van der Waals surface area contributed by atoms with Gasteiger partial charge in [0, 0.05) is 22.8 Å². The molecule has 0 unspecified atom stereocenters. The topological polar surface area (TPSA) is 24.1 Å². The predicted molar refractivity (Wildman–Crippen MR) is 123 cm³/mol. The second kappa shape index (κ2) is 14.0. The smallest absolute Gasteiger partial charge is 0.0311 e. The largest absolute Gasteiger partial charge is 0.360 e. The van der Waals surface area contributed by atoms with Crippen LogP contribution in [0.4, 0.5) is 0 Å². The van der Waals surface area contributed by atoms with Gasteiger partial charge in [-0.3, -0.25) is 0 Å². The van der Waals surface area contributed by atoms with Crippen LogP contribution in [0.15, 0.2) is 134 Å². The van der Waals surface area contributed by atoms with E-state index in [1.54, 1.807) is 12.2 Å². The van der Waals surface area contributed by atoms with E-state index in [2.05, 4.69) is 63.1 Å². The van der Waals surface area contributed by atoms with Gasteiger partial charge in [0.25, 0.3) is 0 Å². The highest BCUT2D eigenvalue weighted by atomic mass is 14.9. The molecule has 2 N–H and O–H groups in total. The maximum absolute atomic E-state index is 4.02. The van der Waals surface area contributed by atoms with Gasteiger partial charge >= 0.3 is 0 Å². The standard InChI is InChI=1S/C25H32N2/c1-9-11-13-15-23(6)27-25(8)19-17-21(4)20(3)16-18-24(7)26-22(5)14-12-10-2/h10-19,26-27H,2-5,7-9H2,1,6H3/b13-11-,14-12-,18-16-,19-17-,23-15+. The molecule has 0 spiro atoms. The van der Waals surface area contributed by atoms with Crippen LogP contribution < -0.4 is 10.6 Å². The molecule has 27 heavy (non-hydrogen) atoms. The summed E-state index contributed by atoms with van der Waals surface area (Å²) in [6.07, 6.45) is 19.9. The first-order valence-corrected chi connectivity index (χ1v) is 8.77. The Hall–Kier alpha value is -3.26. The van der Waals surface area contributed by atoms with Crippen molar-refractivity contribution in [2.24, 2.45) is 0 Å². The molecule has 0 saturated heterocycles. The Labute approximate surface area is 165 Å². The van der Waals surface area contributed by atoms with Crippen molar-refractivity contribution in [3.8, 4) is 0 Å². The minimum atomic E-state index is 0.707. The summed E-state index contributed by atoms with van der Waals surface area (Å²) >= 11 is 0. The molecule has 0 rings (SSSR count). The molecule has 0 aliphatic rings. The van der Waals surface area contributed by atoms with Crippen molar-refractivity contribution in [3.05, 3.63) is 134 Å². The Morgan fingerprint density at radius 2 is 1.26 bits per heavy atom. The highest BCUT2D eigenvalue weighted by Gasteiger charge is 1.95. The molecule has 0 bridgehead atoms. The molecular weight excluding hydrogens is 328 g/mol. The van der Waals surface area contributed by atoms with Gasteiger partial charge in [0.1, 0.15) is 0 Å². The Kier molecular flexibility index (Phi) is 12.3. The van der Waals surface area contributed by atoms with E-state index in [1.807, 2.05) is 49.5 Å². The van der Waals surface area contributed by atoms with Gasteiger partial charge < -0.3 is 10.6 Å². The van der Waals surface area contributed by atoms with Crippen LogP contribution >= 0.6 is 0 Å². The third-order valence-electron chi connectivity index (χ3n) is 3.21. The van der Waals surface area contributed by atoms with Gasteiger partial charge in [-0.05, 0) is 48.8 Å². The Bertz CT molecular complexity index is 734. The van der Waals surface area contributed by atoms with E-state index in [1.165, 1.54) is 0 Å². The minimum absolute atomic E-state index is 0.707. The third-order valence-corrected chi connectivity index (χ3v) is 3.21. The molecule has 0 saturated carbocycles. The van der Waals surface area contributed by atoms with E-state index >= 15 is 0 Å². The Morgan fingerprint density at radius 3 is 1.78 bits per heavy atom. The molecule has 0 aromatic heterocycles. The molecule has 0 aliphatic heterocycles. The van der Waals surface area contributed by atoms with Crippen LogP contribution in [-0.2, 0) is 0 Å². The summed E-state index contributed by atoms with van der Waals surface area (Å²) in [6.45, 7) is 27.5. The van der Waals surface area contributed by atoms with E-state index < -0.39 is 0 Å². The first-order valence-electron chi connectivity index (χ1n) is 8.77. The first-order chi connectivity index (χ1) is 12.8. The molecular formula is C25H32N2. The van der Waals surface area contributed by atoms with Gasteiger partial charge in [-0.15, -0.1) is 0 Å². The third kappa shape index (κ3) is 12.7. The quantitative estimate of drug-likeness (QED) is 0.364. The van der Waals surface area contributed by atoms with Crippen molar-refractivity contribution in [3.63, 3.8) is 0 Å². The maximum Gasteiger partial charge on any atom is 0.0311 e. The fourth-order valence-electron chi connectivity index (χ4n) is 1.78. The number of hydrogen-bond donors (Lipinski definition) is 2. The van der Waals surface area contributed by atoms with Gasteiger partial charge in [-0.2, -0.15) is 0 Å². The van der Waals surface area contributed by atoms with E-state index in [9.17, 15) is 0 Å². The summed E-state index contributed by atoms with van der Waals surface area (Å²) in [6, 6.07) is 0. The lowest BCUT2D eigenvalue weighted by molar-refractivity contribution is 1.01. The molecule has 0 amide bonds. The van der Waals surface area contributed by atoms with Gasteiger partial charge in [-0.25, -0.2) is 0 Å². The number of allylic oxidation sites excluding steroid dienone is 13. The van der Waals surface area contributed by atoms with E-state index in [0.29, 0.717) is 5.70 Å². The molecule has 0 heterocycles. The maximum atomic E-state index is 4.02. The lowest BCUT2D eigenvalue weighted by atomic mass is 10.1. The van der Waals surface area contributed by atoms with Crippen LogP contribution in [0.5, 0.6) is 0 Å². The average Bonchev–Trinajstić information content (AvgIpc) is 2.62. The number of rotatable bonds is 13. The summed E-state index contributed by atoms with van der Waals surface area (Å²) in [4.78, 5) is 0. The van der Waals surface area contributed by atoms with Crippen molar-refractivity contribution < 1.29 is 0 Å². The Morgan fingerprint density at radius 1 is 0.741 bits per heavy atom. The number of nitrogens with one attached hydrogen (secondary N) is 2. The van der Waals surface area contributed by atoms with Crippen molar-refractivity contribution in [2.75, 3.05) is 0 Å². The summed E-state index contributed by atoms with van der Waals surface area (Å²) in [7, 11) is 0. The summed E-state index contributed by atoms with van der Waals surface area (Å²) < 4.78 is 0. The highest BCUT2D eigenvalue weighted by molar-refractivity contribution is 5.45.